The Bertz CT molecular complexity index is 1080. The van der Waals surface area contributed by atoms with Crippen molar-refractivity contribution in [3.05, 3.63) is 67.6 Å². The Kier molecular flexibility index (Phi) is 3.56. The number of halogens is 1. The Labute approximate surface area is 157 Å². The molecule has 2 aromatic carbocycles. The second-order valence-corrected chi connectivity index (χ2v) is 8.13. The van der Waals surface area contributed by atoms with Gasteiger partial charge in [0.15, 0.2) is 0 Å². The Morgan fingerprint density at radius 1 is 1.12 bits per heavy atom. The summed E-state index contributed by atoms with van der Waals surface area (Å²) in [6.07, 6.45) is 3.19. The van der Waals surface area contributed by atoms with Crippen molar-refractivity contribution in [2.75, 3.05) is 13.6 Å². The normalized spacial score (nSPS) is 22.6. The number of H-pyrrole nitrogens is 2. The number of imidazole rings is 1. The van der Waals surface area contributed by atoms with Crippen LogP contribution in [0.25, 0.3) is 11.0 Å². The number of nitrogens with one attached hydrogen (secondary N) is 2. The van der Waals surface area contributed by atoms with Crippen molar-refractivity contribution >= 4 is 22.6 Å². The van der Waals surface area contributed by atoms with Crippen molar-refractivity contribution < 1.29 is 0 Å². The van der Waals surface area contributed by atoms with E-state index in [0.717, 1.165) is 36.8 Å². The van der Waals surface area contributed by atoms with Gasteiger partial charge in [-0.3, -0.25) is 0 Å². The van der Waals surface area contributed by atoms with Crippen molar-refractivity contribution in [3.8, 4) is 0 Å². The highest BCUT2D eigenvalue weighted by molar-refractivity contribution is 6.35. The van der Waals surface area contributed by atoms with E-state index in [2.05, 4.69) is 53.1 Å². The first-order valence-electron chi connectivity index (χ1n) is 9.26. The second kappa shape index (κ2) is 5.73. The molecule has 1 aromatic heterocycles. The van der Waals surface area contributed by atoms with Gasteiger partial charge in [-0.05, 0) is 67.1 Å². The number of fused-ring (bicyclic) bond motifs is 7. The van der Waals surface area contributed by atoms with Gasteiger partial charge < -0.3 is 14.9 Å². The van der Waals surface area contributed by atoms with Crippen LogP contribution in [-0.2, 0) is 12.8 Å². The van der Waals surface area contributed by atoms with Crippen LogP contribution in [0.5, 0.6) is 0 Å². The van der Waals surface area contributed by atoms with Gasteiger partial charge in [0.2, 0.25) is 0 Å². The summed E-state index contributed by atoms with van der Waals surface area (Å²) in [5, 5.41) is 0.624. The quantitative estimate of drug-likeness (QED) is 0.635. The van der Waals surface area contributed by atoms with Crippen LogP contribution in [-0.4, -0.2) is 34.5 Å². The summed E-state index contributed by atoms with van der Waals surface area (Å²) in [6, 6.07) is 9.12. The fourth-order valence-corrected chi connectivity index (χ4v) is 5.40. The first kappa shape index (κ1) is 16.2. The number of rotatable bonds is 0. The highest BCUT2D eigenvalue weighted by Crippen LogP contribution is 2.46. The molecule has 2 atom stereocenters. The molecule has 2 aliphatic rings. The van der Waals surface area contributed by atoms with Gasteiger partial charge >= 0.3 is 5.69 Å². The molecule has 0 radical (unpaired) electrons. The minimum Gasteiger partial charge on any atom is -0.305 e. The number of benzene rings is 2. The smallest absolute Gasteiger partial charge is 0.305 e. The summed E-state index contributed by atoms with van der Waals surface area (Å²) in [4.78, 5) is 20.5. The van der Waals surface area contributed by atoms with E-state index in [9.17, 15) is 4.79 Å². The zero-order valence-corrected chi connectivity index (χ0v) is 15.8. The largest absolute Gasteiger partial charge is 0.323 e. The van der Waals surface area contributed by atoms with Gasteiger partial charge in [-0.15, -0.1) is 0 Å². The number of hydrogen-bond donors (Lipinski definition) is 2. The number of hydrogen-bond acceptors (Lipinski definition) is 2. The zero-order valence-electron chi connectivity index (χ0n) is 15.0. The standard InChI is InChI=1S/C21H22ClN3O/c1-11-4-3-5-12-6-7-15-18(16(11)12)17-13(8-9-25(15)2)10-14(22)19-20(17)24-21(26)23-19/h3-5,10,15,18H,6-9H2,1-2H3,(H2,23,24,26)/t15-,18+/m0/s1. The Morgan fingerprint density at radius 2 is 1.92 bits per heavy atom. The minimum atomic E-state index is -0.190. The van der Waals surface area contributed by atoms with E-state index in [-0.39, 0.29) is 11.6 Å². The topological polar surface area (TPSA) is 51.9 Å². The Hall–Kier alpha value is -2.04. The maximum absolute atomic E-state index is 12.1. The molecule has 0 unspecified atom stereocenters. The van der Waals surface area contributed by atoms with Crippen LogP contribution in [0.15, 0.2) is 29.1 Å². The van der Waals surface area contributed by atoms with E-state index in [1.54, 1.807) is 0 Å². The summed E-state index contributed by atoms with van der Waals surface area (Å²) in [5.74, 6) is 0.258. The Morgan fingerprint density at radius 3 is 2.77 bits per heavy atom. The molecule has 0 fully saturated rings. The SMILES string of the molecule is Cc1cccc2c1[C@@H]1c3c(cc(Cl)c4[nH]c(=O)[nH]c34)CCN(C)[C@H]1CC2. The average molecular weight is 368 g/mol. The number of nitrogens with zero attached hydrogens (tertiary/aromatic N) is 1. The van der Waals surface area contributed by atoms with Crippen LogP contribution in [0, 0.1) is 6.92 Å². The predicted molar refractivity (Wildman–Crippen MR) is 105 cm³/mol. The predicted octanol–water partition coefficient (Wildman–Crippen LogP) is 3.75. The van der Waals surface area contributed by atoms with E-state index in [0.29, 0.717) is 11.1 Å². The summed E-state index contributed by atoms with van der Waals surface area (Å²) in [7, 11) is 2.23. The third-order valence-corrected chi connectivity index (χ3v) is 6.61. The molecule has 5 rings (SSSR count). The van der Waals surface area contributed by atoms with Gasteiger partial charge in [0.25, 0.3) is 0 Å². The Balaban J connectivity index is 1.89. The second-order valence-electron chi connectivity index (χ2n) is 7.72. The zero-order chi connectivity index (χ0) is 18.0. The minimum absolute atomic E-state index is 0.190. The van der Waals surface area contributed by atoms with Crippen molar-refractivity contribution in [2.45, 2.75) is 38.1 Å². The van der Waals surface area contributed by atoms with Crippen molar-refractivity contribution in [3.63, 3.8) is 0 Å². The van der Waals surface area contributed by atoms with Crippen LogP contribution in [0.3, 0.4) is 0 Å². The number of aromatic nitrogens is 2. The molecule has 4 nitrogen and oxygen atoms in total. The molecule has 0 saturated heterocycles. The van der Waals surface area contributed by atoms with Gasteiger partial charge in [-0.2, -0.15) is 0 Å². The molecule has 3 aromatic rings. The summed E-state index contributed by atoms with van der Waals surface area (Å²) >= 11 is 6.50. The number of aryl methyl sites for hydroxylation is 2. The number of likely N-dealkylation sites (N-methyl/N-ethyl adjacent to an activating group) is 1. The molecular formula is C21H22ClN3O. The number of aromatic amines is 2. The van der Waals surface area contributed by atoms with E-state index in [4.69, 9.17) is 11.6 Å². The van der Waals surface area contributed by atoms with E-state index >= 15 is 0 Å². The van der Waals surface area contributed by atoms with Crippen LogP contribution in [0.1, 0.15) is 40.2 Å². The lowest BCUT2D eigenvalue weighted by Crippen LogP contribution is -2.40. The molecular weight excluding hydrogens is 346 g/mol. The fourth-order valence-electron chi connectivity index (χ4n) is 5.13. The monoisotopic (exact) mass is 367 g/mol. The van der Waals surface area contributed by atoms with Crippen LogP contribution < -0.4 is 5.69 Å². The summed E-state index contributed by atoms with van der Waals surface area (Å²) in [6.45, 7) is 3.21. The molecule has 0 spiro atoms. The molecule has 0 bridgehead atoms. The lowest BCUT2D eigenvalue weighted by atomic mass is 9.72. The van der Waals surface area contributed by atoms with Gasteiger partial charge in [0.05, 0.1) is 16.1 Å². The lowest BCUT2D eigenvalue weighted by Gasteiger charge is -2.39. The molecule has 2 heterocycles. The third-order valence-electron chi connectivity index (χ3n) is 6.31. The molecule has 134 valence electrons. The molecule has 1 aliphatic heterocycles. The van der Waals surface area contributed by atoms with Crippen LogP contribution >= 0.6 is 11.6 Å². The summed E-state index contributed by atoms with van der Waals surface area (Å²) < 4.78 is 0. The molecule has 0 saturated carbocycles. The lowest BCUT2D eigenvalue weighted by molar-refractivity contribution is 0.214. The van der Waals surface area contributed by atoms with Crippen molar-refractivity contribution in [2.24, 2.45) is 0 Å². The first-order chi connectivity index (χ1) is 12.5. The van der Waals surface area contributed by atoms with Gasteiger partial charge in [0.1, 0.15) is 0 Å². The van der Waals surface area contributed by atoms with Crippen LogP contribution in [0.4, 0.5) is 0 Å². The highest BCUT2D eigenvalue weighted by Gasteiger charge is 2.38. The van der Waals surface area contributed by atoms with Gasteiger partial charge in [-0.25, -0.2) is 4.79 Å². The van der Waals surface area contributed by atoms with E-state index in [1.807, 2.05) is 0 Å². The summed E-state index contributed by atoms with van der Waals surface area (Å²) in [5.41, 5.74) is 8.15. The van der Waals surface area contributed by atoms with Gasteiger partial charge in [0, 0.05) is 18.5 Å². The van der Waals surface area contributed by atoms with Crippen molar-refractivity contribution in [1.82, 2.24) is 14.9 Å². The molecule has 0 amide bonds. The van der Waals surface area contributed by atoms with Gasteiger partial charge in [-0.1, -0.05) is 29.8 Å². The molecule has 1 aliphatic carbocycles. The molecule has 26 heavy (non-hydrogen) atoms. The highest BCUT2D eigenvalue weighted by atomic mass is 35.5. The maximum atomic E-state index is 12.1. The maximum Gasteiger partial charge on any atom is 0.323 e. The fraction of sp³-hybridized carbons (Fsp3) is 0.381. The molecule has 2 N–H and O–H groups in total. The average Bonchev–Trinajstić information content (AvgIpc) is 2.95. The molecule has 5 heteroatoms. The third kappa shape index (κ3) is 2.22. The van der Waals surface area contributed by atoms with Crippen molar-refractivity contribution in [1.29, 1.82) is 0 Å². The first-order valence-corrected chi connectivity index (χ1v) is 9.64. The van der Waals surface area contributed by atoms with E-state index in [1.165, 1.54) is 27.8 Å². The van der Waals surface area contributed by atoms with Crippen LogP contribution in [0.2, 0.25) is 5.02 Å². The van der Waals surface area contributed by atoms with E-state index < -0.39 is 0 Å².